The Morgan fingerprint density at radius 3 is 2.78 bits per heavy atom. The van der Waals surface area contributed by atoms with E-state index in [9.17, 15) is 9.18 Å². The third kappa shape index (κ3) is 3.03. The summed E-state index contributed by atoms with van der Waals surface area (Å²) in [5.41, 5.74) is 0.811. The summed E-state index contributed by atoms with van der Waals surface area (Å²) in [6, 6.07) is 1.75. The van der Waals surface area contributed by atoms with Gasteiger partial charge in [0.15, 0.2) is 0 Å². The highest BCUT2D eigenvalue weighted by Crippen LogP contribution is 2.30. The van der Waals surface area contributed by atoms with Crippen LogP contribution in [-0.2, 0) is 10.5 Å². The van der Waals surface area contributed by atoms with E-state index < -0.39 is 5.67 Å². The van der Waals surface area contributed by atoms with Crippen molar-refractivity contribution in [3.05, 3.63) is 36.5 Å². The fourth-order valence-corrected chi connectivity index (χ4v) is 2.26. The lowest BCUT2D eigenvalue weighted by molar-refractivity contribution is -0.114. The van der Waals surface area contributed by atoms with Gasteiger partial charge in [0.2, 0.25) is 5.91 Å². The summed E-state index contributed by atoms with van der Waals surface area (Å²) in [5, 5.41) is 3.47. The first-order valence-corrected chi connectivity index (χ1v) is 7.11. The van der Waals surface area contributed by atoms with Gasteiger partial charge in [0, 0.05) is 24.1 Å². The number of carbonyl (C=O) groups excluding carboxylic acids is 1. The van der Waals surface area contributed by atoms with Crippen LogP contribution in [0.25, 0.3) is 22.2 Å². The normalized spacial score (nSPS) is 11.7. The number of hydrogen-bond donors (Lipinski definition) is 2. The molecule has 0 aliphatic rings. The van der Waals surface area contributed by atoms with Crippen molar-refractivity contribution >= 4 is 22.6 Å². The molecule has 0 radical (unpaired) electrons. The molecule has 0 saturated carbocycles. The highest BCUT2D eigenvalue weighted by atomic mass is 19.1. The molecule has 118 valence electrons. The lowest BCUT2D eigenvalue weighted by Crippen LogP contribution is -2.12. The van der Waals surface area contributed by atoms with Crippen molar-refractivity contribution in [3.8, 4) is 11.3 Å². The molecule has 0 aromatic carbocycles. The molecule has 23 heavy (non-hydrogen) atoms. The second-order valence-electron chi connectivity index (χ2n) is 5.76. The maximum Gasteiger partial charge on any atom is 0.222 e. The number of fused-ring (bicyclic) bond motifs is 1. The SMILES string of the molecule is CC(=O)Nc1cc2c(-c3cncc(C(C)(C)F)n3)c[nH]c2cn1. The Hall–Kier alpha value is -2.83. The largest absolute Gasteiger partial charge is 0.359 e. The number of aromatic nitrogens is 4. The van der Waals surface area contributed by atoms with Crippen LogP contribution in [0.5, 0.6) is 0 Å². The summed E-state index contributed by atoms with van der Waals surface area (Å²) < 4.78 is 14.1. The molecular weight excluding hydrogens is 297 g/mol. The van der Waals surface area contributed by atoms with Crippen LogP contribution >= 0.6 is 0 Å². The fourth-order valence-electron chi connectivity index (χ4n) is 2.26. The van der Waals surface area contributed by atoms with Crippen LogP contribution in [0.1, 0.15) is 26.5 Å². The Balaban J connectivity index is 2.11. The first-order chi connectivity index (χ1) is 10.8. The molecule has 2 N–H and O–H groups in total. The first kappa shape index (κ1) is 15.1. The van der Waals surface area contributed by atoms with Crippen molar-refractivity contribution in [2.45, 2.75) is 26.4 Å². The number of carbonyl (C=O) groups is 1. The minimum atomic E-state index is -1.57. The van der Waals surface area contributed by atoms with Crippen molar-refractivity contribution in [2.75, 3.05) is 5.32 Å². The Kier molecular flexibility index (Phi) is 3.55. The van der Waals surface area contributed by atoms with Crippen LogP contribution in [0, 0.1) is 0 Å². The Labute approximate surface area is 132 Å². The molecule has 0 aliphatic carbocycles. The first-order valence-electron chi connectivity index (χ1n) is 7.11. The average molecular weight is 313 g/mol. The van der Waals surface area contributed by atoms with E-state index in [0.29, 0.717) is 11.5 Å². The minimum Gasteiger partial charge on any atom is -0.359 e. The Bertz CT molecular complexity index is 882. The number of H-pyrrole nitrogens is 1. The highest BCUT2D eigenvalue weighted by Gasteiger charge is 2.22. The van der Waals surface area contributed by atoms with Crippen LogP contribution < -0.4 is 5.32 Å². The number of anilines is 1. The zero-order valence-corrected chi connectivity index (χ0v) is 13.0. The molecule has 0 saturated heterocycles. The number of rotatable bonds is 3. The number of hydrogen-bond acceptors (Lipinski definition) is 4. The third-order valence-electron chi connectivity index (χ3n) is 3.39. The lowest BCUT2D eigenvalue weighted by Gasteiger charge is -2.13. The number of alkyl halides is 1. The van der Waals surface area contributed by atoms with E-state index in [1.165, 1.54) is 27.0 Å². The predicted octanol–water partition coefficient (Wildman–Crippen LogP) is 3.18. The van der Waals surface area contributed by atoms with Crippen LogP contribution in [0.4, 0.5) is 10.2 Å². The number of halogens is 1. The summed E-state index contributed by atoms with van der Waals surface area (Å²) in [6.07, 6.45) is 6.39. The smallest absolute Gasteiger partial charge is 0.222 e. The molecule has 6 nitrogen and oxygen atoms in total. The van der Waals surface area contributed by atoms with Crippen LogP contribution in [0.15, 0.2) is 30.9 Å². The molecule has 0 spiro atoms. The highest BCUT2D eigenvalue weighted by molar-refractivity contribution is 5.97. The number of nitrogens with zero attached hydrogens (tertiary/aromatic N) is 3. The zero-order valence-electron chi connectivity index (χ0n) is 13.0. The maximum absolute atomic E-state index is 14.1. The molecule has 3 aromatic rings. The van der Waals surface area contributed by atoms with E-state index in [4.69, 9.17) is 0 Å². The summed E-state index contributed by atoms with van der Waals surface area (Å²) in [6.45, 7) is 4.30. The molecule has 3 rings (SSSR count). The lowest BCUT2D eigenvalue weighted by atomic mass is 10.1. The fraction of sp³-hybridized carbons (Fsp3) is 0.250. The molecule has 0 fully saturated rings. The molecule has 7 heteroatoms. The molecule has 1 amide bonds. The third-order valence-corrected chi connectivity index (χ3v) is 3.39. The summed E-state index contributed by atoms with van der Waals surface area (Å²) in [7, 11) is 0. The Morgan fingerprint density at radius 1 is 1.30 bits per heavy atom. The number of amides is 1. The number of pyridine rings is 1. The van der Waals surface area contributed by atoms with Gasteiger partial charge in [-0.2, -0.15) is 0 Å². The molecule has 0 bridgehead atoms. The Morgan fingerprint density at radius 2 is 2.09 bits per heavy atom. The van der Waals surface area contributed by atoms with Crippen molar-refractivity contribution in [1.29, 1.82) is 0 Å². The maximum atomic E-state index is 14.1. The second kappa shape index (κ2) is 5.42. The summed E-state index contributed by atoms with van der Waals surface area (Å²) in [4.78, 5) is 26.9. The minimum absolute atomic E-state index is 0.199. The van der Waals surface area contributed by atoms with Gasteiger partial charge in [-0.05, 0) is 19.9 Å². The topological polar surface area (TPSA) is 83.6 Å². The van der Waals surface area contributed by atoms with E-state index in [-0.39, 0.29) is 11.6 Å². The van der Waals surface area contributed by atoms with Gasteiger partial charge in [0.05, 0.1) is 35.5 Å². The molecule has 0 atom stereocenters. The average Bonchev–Trinajstić information content (AvgIpc) is 2.89. The van der Waals surface area contributed by atoms with Crippen molar-refractivity contribution in [1.82, 2.24) is 19.9 Å². The predicted molar refractivity (Wildman–Crippen MR) is 85.6 cm³/mol. The zero-order chi connectivity index (χ0) is 16.6. The van der Waals surface area contributed by atoms with Gasteiger partial charge in [-0.3, -0.25) is 9.78 Å². The number of nitrogens with one attached hydrogen (secondary N) is 2. The quantitative estimate of drug-likeness (QED) is 0.778. The van der Waals surface area contributed by atoms with Gasteiger partial charge < -0.3 is 10.3 Å². The standard InChI is InChI=1S/C16H16FN5O/c1-9(23)21-15-4-10-11(5-19-12(10)7-20-15)13-6-18-8-14(22-13)16(2,3)17/h4-8,19H,1-3H3,(H,20,21,23). The van der Waals surface area contributed by atoms with E-state index in [1.54, 1.807) is 24.7 Å². The van der Waals surface area contributed by atoms with Crippen LogP contribution in [0.2, 0.25) is 0 Å². The summed E-state index contributed by atoms with van der Waals surface area (Å²) in [5.74, 6) is 0.246. The molecule has 3 heterocycles. The molecule has 0 aliphatic heterocycles. The van der Waals surface area contributed by atoms with Crippen molar-refractivity contribution < 1.29 is 9.18 Å². The van der Waals surface area contributed by atoms with E-state index in [1.807, 2.05) is 0 Å². The van der Waals surface area contributed by atoms with Gasteiger partial charge in [-0.15, -0.1) is 0 Å². The van der Waals surface area contributed by atoms with E-state index >= 15 is 0 Å². The van der Waals surface area contributed by atoms with Gasteiger partial charge in [0.1, 0.15) is 11.5 Å². The molecule has 3 aromatic heterocycles. The van der Waals surface area contributed by atoms with Gasteiger partial charge >= 0.3 is 0 Å². The van der Waals surface area contributed by atoms with Crippen molar-refractivity contribution in [2.24, 2.45) is 0 Å². The van der Waals surface area contributed by atoms with Crippen molar-refractivity contribution in [3.63, 3.8) is 0 Å². The van der Waals surface area contributed by atoms with E-state index in [0.717, 1.165) is 16.5 Å². The monoisotopic (exact) mass is 313 g/mol. The summed E-state index contributed by atoms with van der Waals surface area (Å²) >= 11 is 0. The van der Waals surface area contributed by atoms with Gasteiger partial charge in [-0.25, -0.2) is 14.4 Å². The van der Waals surface area contributed by atoms with Gasteiger partial charge in [0.25, 0.3) is 0 Å². The number of aromatic amines is 1. The van der Waals surface area contributed by atoms with Crippen LogP contribution in [0.3, 0.4) is 0 Å². The van der Waals surface area contributed by atoms with Crippen LogP contribution in [-0.4, -0.2) is 25.8 Å². The second-order valence-corrected chi connectivity index (χ2v) is 5.76. The van der Waals surface area contributed by atoms with E-state index in [2.05, 4.69) is 25.3 Å². The molecular formula is C16H16FN5O. The molecule has 0 unspecified atom stereocenters. The van der Waals surface area contributed by atoms with Gasteiger partial charge in [-0.1, -0.05) is 0 Å².